The molecule has 0 radical (unpaired) electrons. The number of amides is 1. The Morgan fingerprint density at radius 3 is 2.86 bits per heavy atom. The first-order valence-corrected chi connectivity index (χ1v) is 6.80. The quantitative estimate of drug-likeness (QED) is 0.673. The minimum absolute atomic E-state index is 0.163. The zero-order valence-electron chi connectivity index (χ0n) is 11.6. The van der Waals surface area contributed by atoms with E-state index in [4.69, 9.17) is 0 Å². The molecule has 1 saturated heterocycles. The van der Waals surface area contributed by atoms with Gasteiger partial charge in [0.2, 0.25) is 0 Å². The van der Waals surface area contributed by atoms with Gasteiger partial charge in [-0.15, -0.1) is 0 Å². The fourth-order valence-electron chi connectivity index (χ4n) is 2.53. The van der Waals surface area contributed by atoms with Crippen molar-refractivity contribution in [2.75, 3.05) is 13.1 Å². The number of nitrogens with zero attached hydrogens (tertiary/aromatic N) is 4. The molecular formula is C14H14N4O4. The fourth-order valence-corrected chi connectivity index (χ4v) is 2.53. The molecule has 1 aromatic heterocycles. The number of benzene rings is 1. The van der Waals surface area contributed by atoms with Crippen LogP contribution in [0.15, 0.2) is 36.9 Å². The van der Waals surface area contributed by atoms with Crippen molar-refractivity contribution in [3.8, 4) is 5.69 Å². The molecule has 0 unspecified atom stereocenters. The highest BCUT2D eigenvalue weighted by Gasteiger charge is 2.27. The maximum absolute atomic E-state index is 12.3. The number of nitro groups is 1. The minimum atomic E-state index is -0.524. The Labute approximate surface area is 125 Å². The predicted molar refractivity (Wildman–Crippen MR) is 76.7 cm³/mol. The highest BCUT2D eigenvalue weighted by Crippen LogP contribution is 2.25. The Kier molecular flexibility index (Phi) is 3.60. The zero-order chi connectivity index (χ0) is 15.7. The molecule has 1 fully saturated rings. The van der Waals surface area contributed by atoms with Gasteiger partial charge in [-0.2, -0.15) is 0 Å². The maximum Gasteiger partial charge on any atom is 0.294 e. The van der Waals surface area contributed by atoms with Crippen LogP contribution in [0.2, 0.25) is 0 Å². The van der Waals surface area contributed by atoms with E-state index in [0.29, 0.717) is 18.7 Å². The van der Waals surface area contributed by atoms with Gasteiger partial charge < -0.3 is 14.6 Å². The van der Waals surface area contributed by atoms with Gasteiger partial charge in [0.15, 0.2) is 0 Å². The summed E-state index contributed by atoms with van der Waals surface area (Å²) in [7, 11) is 0. The van der Waals surface area contributed by atoms with Gasteiger partial charge in [-0.05, 0) is 18.6 Å². The van der Waals surface area contributed by atoms with Crippen molar-refractivity contribution in [3.63, 3.8) is 0 Å². The molecular weight excluding hydrogens is 288 g/mol. The largest absolute Gasteiger partial charge is 0.391 e. The van der Waals surface area contributed by atoms with Crippen molar-refractivity contribution >= 4 is 11.6 Å². The van der Waals surface area contributed by atoms with E-state index in [9.17, 15) is 20.0 Å². The Morgan fingerprint density at radius 1 is 1.45 bits per heavy atom. The smallest absolute Gasteiger partial charge is 0.294 e. The second-order valence-electron chi connectivity index (χ2n) is 5.12. The number of rotatable bonds is 3. The van der Waals surface area contributed by atoms with Crippen LogP contribution in [0, 0.1) is 10.1 Å². The number of aromatic nitrogens is 2. The summed E-state index contributed by atoms with van der Waals surface area (Å²) in [5.74, 6) is -0.308. The van der Waals surface area contributed by atoms with Crippen LogP contribution in [-0.2, 0) is 0 Å². The summed E-state index contributed by atoms with van der Waals surface area (Å²) in [6.07, 6.45) is 4.58. The van der Waals surface area contributed by atoms with Crippen LogP contribution in [0.3, 0.4) is 0 Å². The van der Waals surface area contributed by atoms with E-state index < -0.39 is 11.0 Å². The lowest BCUT2D eigenvalue weighted by Gasteiger charge is -2.15. The van der Waals surface area contributed by atoms with Gasteiger partial charge in [0.25, 0.3) is 11.6 Å². The fraction of sp³-hybridized carbons (Fsp3) is 0.286. The average molecular weight is 302 g/mol. The molecule has 1 atom stereocenters. The third-order valence-electron chi connectivity index (χ3n) is 3.65. The lowest BCUT2D eigenvalue weighted by molar-refractivity contribution is -0.384. The Balaban J connectivity index is 1.96. The molecule has 1 amide bonds. The summed E-state index contributed by atoms with van der Waals surface area (Å²) in [4.78, 5) is 28.5. The lowest BCUT2D eigenvalue weighted by Crippen LogP contribution is -2.29. The van der Waals surface area contributed by atoms with Crippen molar-refractivity contribution in [2.24, 2.45) is 0 Å². The monoisotopic (exact) mass is 302 g/mol. The molecule has 1 aliphatic rings. The van der Waals surface area contributed by atoms with Gasteiger partial charge in [-0.1, -0.05) is 0 Å². The number of hydrogen-bond acceptors (Lipinski definition) is 5. The summed E-state index contributed by atoms with van der Waals surface area (Å²) in [5, 5.41) is 20.8. The van der Waals surface area contributed by atoms with E-state index >= 15 is 0 Å². The van der Waals surface area contributed by atoms with Crippen molar-refractivity contribution in [2.45, 2.75) is 12.5 Å². The number of carbonyl (C=O) groups is 1. The van der Waals surface area contributed by atoms with Crippen LogP contribution >= 0.6 is 0 Å². The predicted octanol–water partition coefficient (Wildman–Crippen LogP) is 0.987. The van der Waals surface area contributed by atoms with Gasteiger partial charge in [0.1, 0.15) is 5.69 Å². The molecule has 2 heterocycles. The number of hydrogen-bond donors (Lipinski definition) is 1. The summed E-state index contributed by atoms with van der Waals surface area (Å²) < 4.78 is 1.52. The number of likely N-dealkylation sites (tertiary alicyclic amines) is 1. The summed E-state index contributed by atoms with van der Waals surface area (Å²) in [6, 6.07) is 4.34. The molecule has 8 nitrogen and oxygen atoms in total. The first-order valence-electron chi connectivity index (χ1n) is 6.80. The molecule has 1 aromatic carbocycles. The van der Waals surface area contributed by atoms with Gasteiger partial charge in [-0.25, -0.2) is 4.98 Å². The molecule has 1 aliphatic heterocycles. The van der Waals surface area contributed by atoms with E-state index in [0.717, 1.165) is 0 Å². The standard InChI is InChI=1S/C14H14N4O4/c19-11-3-5-16(8-11)14(20)10-1-2-12(13(7-10)18(21)22)17-6-4-15-9-17/h1-2,4,6-7,9,11,19H,3,5,8H2/t11-/m1/s1. The third-order valence-corrected chi connectivity index (χ3v) is 3.65. The normalized spacial score (nSPS) is 17.7. The van der Waals surface area contributed by atoms with Crippen LogP contribution in [0.25, 0.3) is 5.69 Å². The number of β-amino-alcohol motifs (C(OH)–C–C–N with tert-alkyl or cyclic N) is 1. The second-order valence-corrected chi connectivity index (χ2v) is 5.12. The van der Waals surface area contributed by atoms with Crippen molar-refractivity contribution < 1.29 is 14.8 Å². The van der Waals surface area contributed by atoms with Gasteiger partial charge >= 0.3 is 0 Å². The molecule has 3 rings (SSSR count). The number of carbonyl (C=O) groups excluding carboxylic acids is 1. The molecule has 0 bridgehead atoms. The van der Waals surface area contributed by atoms with Crippen molar-refractivity contribution in [3.05, 3.63) is 52.6 Å². The van der Waals surface area contributed by atoms with Gasteiger partial charge in [-0.3, -0.25) is 14.9 Å². The van der Waals surface area contributed by atoms with E-state index in [1.54, 1.807) is 12.3 Å². The van der Waals surface area contributed by atoms with Crippen LogP contribution in [0.4, 0.5) is 5.69 Å². The Bertz CT molecular complexity index is 714. The molecule has 0 spiro atoms. The van der Waals surface area contributed by atoms with Crippen LogP contribution in [0.5, 0.6) is 0 Å². The van der Waals surface area contributed by atoms with Crippen LogP contribution in [-0.4, -0.2) is 49.6 Å². The highest BCUT2D eigenvalue weighted by molar-refractivity contribution is 5.95. The molecule has 22 heavy (non-hydrogen) atoms. The highest BCUT2D eigenvalue weighted by atomic mass is 16.6. The van der Waals surface area contributed by atoms with Gasteiger partial charge in [0, 0.05) is 37.1 Å². The number of nitro benzene ring substituents is 1. The lowest BCUT2D eigenvalue weighted by atomic mass is 10.1. The van der Waals surface area contributed by atoms with Crippen molar-refractivity contribution in [1.29, 1.82) is 0 Å². The zero-order valence-corrected chi connectivity index (χ0v) is 11.6. The molecule has 2 aromatic rings. The Morgan fingerprint density at radius 2 is 2.27 bits per heavy atom. The number of imidazole rings is 1. The molecule has 8 heteroatoms. The summed E-state index contributed by atoms with van der Waals surface area (Å²) in [6.45, 7) is 0.715. The van der Waals surface area contributed by atoms with Crippen LogP contribution < -0.4 is 0 Å². The van der Waals surface area contributed by atoms with Crippen molar-refractivity contribution in [1.82, 2.24) is 14.5 Å². The second kappa shape index (κ2) is 5.57. The molecule has 0 aliphatic carbocycles. The van der Waals surface area contributed by atoms with E-state index in [-0.39, 0.29) is 23.7 Å². The SMILES string of the molecule is O=C(c1ccc(-n2ccnc2)c([N+](=O)[O-])c1)N1CC[C@@H](O)C1. The van der Waals surface area contributed by atoms with Gasteiger partial charge in [0.05, 0.1) is 17.4 Å². The molecule has 1 N–H and O–H groups in total. The first-order chi connectivity index (χ1) is 10.6. The third kappa shape index (κ3) is 2.56. The minimum Gasteiger partial charge on any atom is -0.391 e. The summed E-state index contributed by atoms with van der Waals surface area (Å²) in [5.41, 5.74) is 0.425. The topological polar surface area (TPSA) is 102 Å². The number of aliphatic hydroxyl groups is 1. The average Bonchev–Trinajstić information content (AvgIpc) is 3.17. The Hall–Kier alpha value is -2.74. The molecule has 0 saturated carbocycles. The first kappa shape index (κ1) is 14.2. The van der Waals surface area contributed by atoms with E-state index in [2.05, 4.69) is 4.98 Å². The molecule has 114 valence electrons. The van der Waals surface area contributed by atoms with E-state index in [1.807, 2.05) is 0 Å². The maximum atomic E-state index is 12.3. The van der Waals surface area contributed by atoms with E-state index in [1.165, 1.54) is 34.1 Å². The van der Waals surface area contributed by atoms with Crippen LogP contribution in [0.1, 0.15) is 16.8 Å². The number of aliphatic hydroxyl groups excluding tert-OH is 1. The summed E-state index contributed by atoms with van der Waals surface area (Å²) >= 11 is 0.